The Hall–Kier alpha value is -2.21. The molecule has 0 aliphatic carbocycles. The number of hydrogen-bond acceptors (Lipinski definition) is 5. The van der Waals surface area contributed by atoms with E-state index in [9.17, 15) is 5.11 Å². The minimum atomic E-state index is -0.895. The second-order valence-corrected chi connectivity index (χ2v) is 6.65. The Balaban J connectivity index is 1.96. The molecule has 0 fully saturated rings. The fourth-order valence-corrected chi connectivity index (χ4v) is 3.37. The summed E-state index contributed by atoms with van der Waals surface area (Å²) in [5.74, 6) is 0.573. The first-order valence-corrected chi connectivity index (χ1v) is 8.49. The number of nitrogens with zero attached hydrogens (tertiary/aromatic N) is 4. The van der Waals surface area contributed by atoms with Crippen LogP contribution >= 0.6 is 23.2 Å². The van der Waals surface area contributed by atoms with Gasteiger partial charge in [0.15, 0.2) is 12.1 Å². The second kappa shape index (κ2) is 6.26. The van der Waals surface area contributed by atoms with Crippen LogP contribution in [0.5, 0.6) is 0 Å². The standard InChI is InChI=1S/C18H14Cl2N4O/c1-10-18(25)24-15-7-6-11(19)8-13(15)17(21-9-16(24)23-22-10)12-4-2-3-5-14(12)20/h2-8,18,25H,9H2,1H3. The molecule has 0 saturated carbocycles. The number of halogens is 2. The first-order chi connectivity index (χ1) is 12.1. The predicted molar refractivity (Wildman–Crippen MR) is 102 cm³/mol. The summed E-state index contributed by atoms with van der Waals surface area (Å²) in [4.78, 5) is 6.44. The number of aliphatic hydroxyl groups excluding tert-OH is 1. The van der Waals surface area contributed by atoms with Gasteiger partial charge in [0.05, 0.1) is 23.7 Å². The van der Waals surface area contributed by atoms with Crippen molar-refractivity contribution in [3.8, 4) is 0 Å². The summed E-state index contributed by atoms with van der Waals surface area (Å²) in [6, 6.07) is 13.0. The van der Waals surface area contributed by atoms with Crippen LogP contribution in [0.2, 0.25) is 10.0 Å². The molecule has 2 aromatic rings. The number of rotatable bonds is 1. The number of anilines is 1. The fourth-order valence-electron chi connectivity index (χ4n) is 2.97. The molecule has 0 amide bonds. The van der Waals surface area contributed by atoms with Crippen LogP contribution < -0.4 is 4.90 Å². The van der Waals surface area contributed by atoms with Gasteiger partial charge in [-0.25, -0.2) is 0 Å². The van der Waals surface area contributed by atoms with Gasteiger partial charge < -0.3 is 5.11 Å². The van der Waals surface area contributed by atoms with Crippen LogP contribution in [-0.2, 0) is 0 Å². The molecule has 2 heterocycles. The minimum Gasteiger partial charge on any atom is -0.368 e. The highest BCUT2D eigenvalue weighted by atomic mass is 35.5. The zero-order chi connectivity index (χ0) is 17.6. The zero-order valence-corrected chi connectivity index (χ0v) is 14.8. The lowest BCUT2D eigenvalue weighted by atomic mass is 10.00. The monoisotopic (exact) mass is 372 g/mol. The molecule has 1 atom stereocenters. The number of fused-ring (bicyclic) bond motifs is 3. The third kappa shape index (κ3) is 2.74. The highest BCUT2D eigenvalue weighted by Crippen LogP contribution is 2.33. The van der Waals surface area contributed by atoms with Gasteiger partial charge in [0, 0.05) is 21.2 Å². The van der Waals surface area contributed by atoms with E-state index in [4.69, 9.17) is 28.2 Å². The van der Waals surface area contributed by atoms with Gasteiger partial charge in [-0.2, -0.15) is 5.10 Å². The number of amidine groups is 1. The molecule has 1 N–H and O–H groups in total. The average molecular weight is 373 g/mol. The van der Waals surface area contributed by atoms with Crippen LogP contribution in [0.25, 0.3) is 0 Å². The van der Waals surface area contributed by atoms with Crippen molar-refractivity contribution in [2.75, 3.05) is 11.4 Å². The van der Waals surface area contributed by atoms with Crippen molar-refractivity contribution in [2.45, 2.75) is 13.2 Å². The van der Waals surface area contributed by atoms with Gasteiger partial charge in [-0.1, -0.05) is 41.4 Å². The molecule has 2 aliphatic heterocycles. The third-order valence-corrected chi connectivity index (χ3v) is 4.76. The van der Waals surface area contributed by atoms with Crippen molar-refractivity contribution in [1.29, 1.82) is 0 Å². The smallest absolute Gasteiger partial charge is 0.173 e. The Morgan fingerprint density at radius 1 is 1.08 bits per heavy atom. The summed E-state index contributed by atoms with van der Waals surface area (Å²) < 4.78 is 0. The van der Waals surface area contributed by atoms with Crippen molar-refractivity contribution in [2.24, 2.45) is 15.2 Å². The van der Waals surface area contributed by atoms with Crippen LogP contribution in [0.1, 0.15) is 18.1 Å². The van der Waals surface area contributed by atoms with Gasteiger partial charge in [0.2, 0.25) is 0 Å². The van der Waals surface area contributed by atoms with E-state index in [2.05, 4.69) is 10.2 Å². The van der Waals surface area contributed by atoms with Crippen LogP contribution in [0.4, 0.5) is 5.69 Å². The Morgan fingerprint density at radius 3 is 2.68 bits per heavy atom. The Bertz CT molecular complexity index is 952. The lowest BCUT2D eigenvalue weighted by Crippen LogP contribution is -2.47. The molecular formula is C18H14Cl2N4O. The fraction of sp³-hybridized carbons (Fsp3) is 0.167. The van der Waals surface area contributed by atoms with E-state index in [1.54, 1.807) is 17.9 Å². The Kier molecular flexibility index (Phi) is 4.07. The van der Waals surface area contributed by atoms with E-state index < -0.39 is 6.23 Å². The normalized spacial score (nSPS) is 19.3. The molecular weight excluding hydrogens is 359 g/mol. The summed E-state index contributed by atoms with van der Waals surface area (Å²) in [6.07, 6.45) is -0.895. The van der Waals surface area contributed by atoms with Gasteiger partial charge >= 0.3 is 0 Å². The molecule has 126 valence electrons. The molecule has 7 heteroatoms. The first kappa shape index (κ1) is 16.3. The molecule has 5 nitrogen and oxygen atoms in total. The topological polar surface area (TPSA) is 60.5 Å². The highest BCUT2D eigenvalue weighted by Gasteiger charge is 2.32. The van der Waals surface area contributed by atoms with E-state index in [-0.39, 0.29) is 6.54 Å². The predicted octanol–water partition coefficient (Wildman–Crippen LogP) is 3.76. The molecule has 0 aromatic heterocycles. The van der Waals surface area contributed by atoms with Gasteiger partial charge in [0.1, 0.15) is 0 Å². The van der Waals surface area contributed by atoms with Crippen LogP contribution in [0.3, 0.4) is 0 Å². The second-order valence-electron chi connectivity index (χ2n) is 5.81. The number of benzene rings is 2. The maximum absolute atomic E-state index is 10.6. The molecule has 0 saturated heterocycles. The molecule has 2 aliphatic rings. The molecule has 1 unspecified atom stereocenters. The number of hydrogen-bond donors (Lipinski definition) is 1. The number of aliphatic hydroxyl groups is 1. The maximum Gasteiger partial charge on any atom is 0.173 e. The largest absolute Gasteiger partial charge is 0.368 e. The van der Waals surface area contributed by atoms with E-state index in [1.165, 1.54) is 0 Å². The lowest BCUT2D eigenvalue weighted by Gasteiger charge is -2.32. The van der Waals surface area contributed by atoms with E-state index >= 15 is 0 Å². The van der Waals surface area contributed by atoms with Crippen molar-refractivity contribution >= 4 is 46.1 Å². The number of aliphatic imine (C=N–C) groups is 1. The van der Waals surface area contributed by atoms with Crippen molar-refractivity contribution in [3.63, 3.8) is 0 Å². The summed E-state index contributed by atoms with van der Waals surface area (Å²) in [5.41, 5.74) is 3.59. The maximum atomic E-state index is 10.6. The quantitative estimate of drug-likeness (QED) is 0.828. The highest BCUT2D eigenvalue weighted by molar-refractivity contribution is 6.37. The van der Waals surface area contributed by atoms with Crippen LogP contribution in [0.15, 0.2) is 57.7 Å². The van der Waals surface area contributed by atoms with Crippen molar-refractivity contribution < 1.29 is 5.11 Å². The average Bonchev–Trinajstić information content (AvgIpc) is 2.76. The van der Waals surface area contributed by atoms with E-state index in [0.29, 0.717) is 27.3 Å². The van der Waals surface area contributed by atoms with Gasteiger partial charge in [-0.15, -0.1) is 5.10 Å². The minimum absolute atomic E-state index is 0.278. The van der Waals surface area contributed by atoms with Crippen LogP contribution in [0, 0.1) is 0 Å². The zero-order valence-electron chi connectivity index (χ0n) is 13.3. The van der Waals surface area contributed by atoms with Gasteiger partial charge in [0.25, 0.3) is 0 Å². The van der Waals surface area contributed by atoms with Gasteiger partial charge in [-0.05, 0) is 31.2 Å². The first-order valence-electron chi connectivity index (χ1n) is 7.74. The summed E-state index contributed by atoms with van der Waals surface area (Å²) in [5, 5.41) is 20.1. The lowest BCUT2D eigenvalue weighted by molar-refractivity contribution is 0.247. The van der Waals surface area contributed by atoms with Gasteiger partial charge in [-0.3, -0.25) is 9.89 Å². The van der Waals surface area contributed by atoms with E-state index in [1.807, 2.05) is 36.4 Å². The van der Waals surface area contributed by atoms with Crippen molar-refractivity contribution in [1.82, 2.24) is 0 Å². The van der Waals surface area contributed by atoms with Crippen LogP contribution in [-0.4, -0.2) is 35.1 Å². The third-order valence-electron chi connectivity index (χ3n) is 4.20. The Morgan fingerprint density at radius 2 is 1.88 bits per heavy atom. The molecule has 25 heavy (non-hydrogen) atoms. The summed E-state index contributed by atoms with van der Waals surface area (Å²) in [6.45, 7) is 2.02. The summed E-state index contributed by atoms with van der Waals surface area (Å²) in [7, 11) is 0. The molecule has 0 radical (unpaired) electrons. The van der Waals surface area contributed by atoms with E-state index in [0.717, 1.165) is 16.8 Å². The van der Waals surface area contributed by atoms with Crippen molar-refractivity contribution in [3.05, 3.63) is 63.6 Å². The SMILES string of the molecule is CC1=NN=C2CN=C(c3ccccc3Cl)c3cc(Cl)ccc3N2C1O. The molecule has 2 aromatic carbocycles. The molecule has 4 rings (SSSR count). The Labute approximate surface area is 154 Å². The molecule has 0 bridgehead atoms. The summed E-state index contributed by atoms with van der Waals surface area (Å²) >= 11 is 12.6. The molecule has 0 spiro atoms.